The van der Waals surface area contributed by atoms with E-state index in [1.807, 2.05) is 26.0 Å². The topological polar surface area (TPSA) is 44.5 Å². The SMILES string of the molecule is Cc1ccc2c(c1)CC(COc1cc(N)c(C)cc1C)O2. The van der Waals surface area contributed by atoms with E-state index in [0.717, 1.165) is 34.7 Å². The summed E-state index contributed by atoms with van der Waals surface area (Å²) in [5.41, 5.74) is 11.4. The smallest absolute Gasteiger partial charge is 0.137 e. The molecule has 3 nitrogen and oxygen atoms in total. The fourth-order valence-corrected chi connectivity index (χ4v) is 2.73. The molecule has 1 aliphatic rings. The van der Waals surface area contributed by atoms with Crippen LogP contribution in [0.15, 0.2) is 30.3 Å². The number of hydrogen-bond acceptors (Lipinski definition) is 3. The van der Waals surface area contributed by atoms with Crippen LogP contribution in [0.1, 0.15) is 22.3 Å². The van der Waals surface area contributed by atoms with Crippen LogP contribution in [-0.4, -0.2) is 12.7 Å². The molecule has 0 saturated heterocycles. The number of rotatable bonds is 3. The van der Waals surface area contributed by atoms with Gasteiger partial charge in [-0.25, -0.2) is 0 Å². The van der Waals surface area contributed by atoms with Crippen LogP contribution >= 0.6 is 0 Å². The summed E-state index contributed by atoms with van der Waals surface area (Å²) in [6.07, 6.45) is 0.973. The molecule has 1 unspecified atom stereocenters. The third kappa shape index (κ3) is 2.82. The number of nitrogens with two attached hydrogens (primary N) is 1. The maximum absolute atomic E-state index is 5.95. The van der Waals surface area contributed by atoms with Gasteiger partial charge in [-0.05, 0) is 43.5 Å². The minimum atomic E-state index is 0.0729. The highest BCUT2D eigenvalue weighted by atomic mass is 16.5. The van der Waals surface area contributed by atoms with Crippen molar-refractivity contribution in [3.63, 3.8) is 0 Å². The third-order valence-corrected chi connectivity index (χ3v) is 3.95. The fraction of sp³-hybridized carbons (Fsp3) is 0.333. The number of nitrogen functional groups attached to an aromatic ring is 1. The van der Waals surface area contributed by atoms with E-state index < -0.39 is 0 Å². The Bertz CT molecular complexity index is 679. The molecule has 2 aromatic rings. The molecule has 1 heterocycles. The molecule has 110 valence electrons. The van der Waals surface area contributed by atoms with Gasteiger partial charge in [-0.3, -0.25) is 0 Å². The predicted octanol–water partition coefficient (Wildman–Crippen LogP) is 3.58. The molecular formula is C18H21NO2. The van der Waals surface area contributed by atoms with E-state index in [1.54, 1.807) is 0 Å². The maximum atomic E-state index is 5.95. The minimum absolute atomic E-state index is 0.0729. The molecule has 2 N–H and O–H groups in total. The van der Waals surface area contributed by atoms with Crippen molar-refractivity contribution in [2.45, 2.75) is 33.3 Å². The van der Waals surface area contributed by atoms with E-state index in [4.69, 9.17) is 15.2 Å². The first-order valence-electron chi connectivity index (χ1n) is 7.28. The van der Waals surface area contributed by atoms with Crippen LogP contribution in [-0.2, 0) is 6.42 Å². The van der Waals surface area contributed by atoms with Gasteiger partial charge in [-0.15, -0.1) is 0 Å². The number of anilines is 1. The molecule has 1 aliphatic heterocycles. The molecule has 0 saturated carbocycles. The average Bonchev–Trinajstić information content (AvgIpc) is 2.83. The quantitative estimate of drug-likeness (QED) is 0.876. The van der Waals surface area contributed by atoms with Crippen molar-refractivity contribution in [2.75, 3.05) is 12.3 Å². The third-order valence-electron chi connectivity index (χ3n) is 3.95. The van der Waals surface area contributed by atoms with Gasteiger partial charge in [0.15, 0.2) is 0 Å². The van der Waals surface area contributed by atoms with Crippen molar-refractivity contribution in [1.29, 1.82) is 0 Å². The highest BCUT2D eigenvalue weighted by Gasteiger charge is 2.23. The summed E-state index contributed by atoms with van der Waals surface area (Å²) < 4.78 is 11.8. The van der Waals surface area contributed by atoms with E-state index >= 15 is 0 Å². The summed E-state index contributed by atoms with van der Waals surface area (Å²) in [6, 6.07) is 10.3. The molecule has 21 heavy (non-hydrogen) atoms. The van der Waals surface area contributed by atoms with Gasteiger partial charge in [-0.2, -0.15) is 0 Å². The van der Waals surface area contributed by atoms with Gasteiger partial charge in [0, 0.05) is 18.2 Å². The summed E-state index contributed by atoms with van der Waals surface area (Å²) >= 11 is 0. The summed E-state index contributed by atoms with van der Waals surface area (Å²) in [7, 11) is 0. The van der Waals surface area contributed by atoms with Crippen molar-refractivity contribution in [3.05, 3.63) is 52.6 Å². The van der Waals surface area contributed by atoms with E-state index in [-0.39, 0.29) is 6.10 Å². The number of benzene rings is 2. The molecule has 0 spiro atoms. The van der Waals surface area contributed by atoms with Gasteiger partial charge < -0.3 is 15.2 Å². The molecule has 0 aromatic heterocycles. The lowest BCUT2D eigenvalue weighted by molar-refractivity contribution is 0.148. The van der Waals surface area contributed by atoms with Crippen LogP contribution in [0.25, 0.3) is 0 Å². The van der Waals surface area contributed by atoms with E-state index in [1.165, 1.54) is 11.1 Å². The van der Waals surface area contributed by atoms with Crippen LogP contribution in [0.2, 0.25) is 0 Å². The Morgan fingerprint density at radius 2 is 1.95 bits per heavy atom. The Morgan fingerprint density at radius 3 is 2.76 bits per heavy atom. The monoisotopic (exact) mass is 283 g/mol. The fourth-order valence-electron chi connectivity index (χ4n) is 2.73. The first-order chi connectivity index (χ1) is 10.0. The Labute approximate surface area is 125 Å². The van der Waals surface area contributed by atoms with Crippen LogP contribution in [0.5, 0.6) is 11.5 Å². The molecule has 0 radical (unpaired) electrons. The molecule has 2 aromatic carbocycles. The summed E-state index contributed by atoms with van der Waals surface area (Å²) in [5, 5.41) is 0. The molecule has 3 rings (SSSR count). The maximum Gasteiger partial charge on any atom is 0.137 e. The van der Waals surface area contributed by atoms with Gasteiger partial charge >= 0.3 is 0 Å². The number of fused-ring (bicyclic) bond motifs is 1. The van der Waals surface area contributed by atoms with Crippen molar-refractivity contribution >= 4 is 5.69 Å². The second-order valence-electron chi connectivity index (χ2n) is 5.84. The Morgan fingerprint density at radius 1 is 1.14 bits per heavy atom. The largest absolute Gasteiger partial charge is 0.489 e. The molecule has 0 bridgehead atoms. The Kier molecular flexibility index (Phi) is 3.50. The van der Waals surface area contributed by atoms with Crippen LogP contribution in [0.4, 0.5) is 5.69 Å². The van der Waals surface area contributed by atoms with Gasteiger partial charge in [0.25, 0.3) is 0 Å². The lowest BCUT2D eigenvalue weighted by Gasteiger charge is -2.15. The average molecular weight is 283 g/mol. The highest BCUT2D eigenvalue weighted by molar-refractivity contribution is 5.54. The molecule has 1 atom stereocenters. The highest BCUT2D eigenvalue weighted by Crippen LogP contribution is 2.30. The lowest BCUT2D eigenvalue weighted by atomic mass is 10.1. The van der Waals surface area contributed by atoms with E-state index in [0.29, 0.717) is 6.61 Å². The Balaban J connectivity index is 1.66. The second-order valence-corrected chi connectivity index (χ2v) is 5.84. The predicted molar refractivity (Wildman–Crippen MR) is 85.1 cm³/mol. The van der Waals surface area contributed by atoms with Gasteiger partial charge in [0.2, 0.25) is 0 Å². The molecule has 0 amide bonds. The standard InChI is InChI=1S/C18H21NO2/c1-11-4-5-17-14(6-11)8-15(21-17)10-20-18-9-16(19)12(2)7-13(18)3/h4-7,9,15H,8,10,19H2,1-3H3. The van der Waals surface area contributed by atoms with Crippen LogP contribution < -0.4 is 15.2 Å². The van der Waals surface area contributed by atoms with Crippen molar-refractivity contribution < 1.29 is 9.47 Å². The Hall–Kier alpha value is -2.16. The molecular weight excluding hydrogens is 262 g/mol. The molecule has 3 heteroatoms. The number of aryl methyl sites for hydroxylation is 3. The van der Waals surface area contributed by atoms with Gasteiger partial charge in [0.05, 0.1) is 0 Å². The van der Waals surface area contributed by atoms with E-state index in [2.05, 4.69) is 25.1 Å². The zero-order chi connectivity index (χ0) is 15.0. The van der Waals surface area contributed by atoms with Gasteiger partial charge in [0.1, 0.15) is 24.2 Å². The van der Waals surface area contributed by atoms with Crippen LogP contribution in [0, 0.1) is 20.8 Å². The number of hydrogen-bond donors (Lipinski definition) is 1. The zero-order valence-corrected chi connectivity index (χ0v) is 12.8. The second kappa shape index (κ2) is 5.32. The number of ether oxygens (including phenoxy) is 2. The molecule has 0 aliphatic carbocycles. The van der Waals surface area contributed by atoms with Gasteiger partial charge in [-0.1, -0.05) is 23.8 Å². The summed E-state index contributed by atoms with van der Waals surface area (Å²) in [6.45, 7) is 6.68. The first kappa shape index (κ1) is 13.8. The van der Waals surface area contributed by atoms with E-state index in [9.17, 15) is 0 Å². The summed E-state index contributed by atoms with van der Waals surface area (Å²) in [4.78, 5) is 0. The zero-order valence-electron chi connectivity index (χ0n) is 12.8. The van der Waals surface area contributed by atoms with Crippen molar-refractivity contribution in [2.24, 2.45) is 0 Å². The minimum Gasteiger partial charge on any atom is -0.489 e. The lowest BCUT2D eigenvalue weighted by Crippen LogP contribution is -2.22. The van der Waals surface area contributed by atoms with Crippen molar-refractivity contribution in [1.82, 2.24) is 0 Å². The normalized spacial score (nSPS) is 16.4. The summed E-state index contributed by atoms with van der Waals surface area (Å²) in [5.74, 6) is 1.82. The van der Waals surface area contributed by atoms with Crippen molar-refractivity contribution in [3.8, 4) is 11.5 Å². The first-order valence-corrected chi connectivity index (χ1v) is 7.28. The molecule has 0 fully saturated rings. The van der Waals surface area contributed by atoms with Crippen LogP contribution in [0.3, 0.4) is 0 Å².